The summed E-state index contributed by atoms with van der Waals surface area (Å²) in [6.07, 6.45) is -1.04. The molecule has 2 aromatic rings. The van der Waals surface area contributed by atoms with Crippen molar-refractivity contribution >= 4 is 5.82 Å². The molecular weight excluding hydrogens is 247 g/mol. The van der Waals surface area contributed by atoms with E-state index in [1.54, 1.807) is 0 Å². The molecule has 0 unspecified atom stereocenters. The minimum absolute atomic E-state index is 0.0594. The second kappa shape index (κ2) is 4.28. The maximum atomic E-state index is 12.6. The fraction of sp³-hybridized carbons (Fsp3) is 0.300. The third-order valence-corrected chi connectivity index (χ3v) is 2.27. The quantitative estimate of drug-likeness (QED) is 0.891. The number of hydrogen-bond donors (Lipinski definition) is 1. The molecule has 0 radical (unpaired) electrons. The summed E-state index contributed by atoms with van der Waals surface area (Å²) in [5.41, 5.74) is 5.37. The normalized spacial score (nSPS) is 11.8. The number of alkyl halides is 3. The topological polar surface area (TPSA) is 69.6 Å². The zero-order valence-electron chi connectivity index (χ0n) is 9.44. The second-order valence-electron chi connectivity index (χ2n) is 3.54. The third kappa shape index (κ3) is 2.27. The van der Waals surface area contributed by atoms with Gasteiger partial charge in [0.25, 0.3) is 0 Å². The second-order valence-corrected chi connectivity index (χ2v) is 3.54. The Morgan fingerprint density at radius 2 is 2.06 bits per heavy atom. The molecule has 0 saturated carbocycles. The van der Waals surface area contributed by atoms with Crippen molar-refractivity contribution in [2.24, 2.45) is 0 Å². The molecule has 0 saturated heterocycles. The number of aromatic nitrogens is 4. The highest BCUT2D eigenvalue weighted by Gasteiger charge is 2.35. The predicted octanol–water partition coefficient (Wildman–Crippen LogP) is 1.83. The highest BCUT2D eigenvalue weighted by molar-refractivity contribution is 5.38. The van der Waals surface area contributed by atoms with Crippen molar-refractivity contribution in [3.63, 3.8) is 0 Å². The van der Waals surface area contributed by atoms with Gasteiger partial charge in [-0.25, -0.2) is 15.0 Å². The fourth-order valence-corrected chi connectivity index (χ4v) is 1.51. The SMILES string of the molecule is CCc1nccn1-c1cc(N)nc(C(F)(F)F)n1. The molecule has 0 aromatic carbocycles. The van der Waals surface area contributed by atoms with Crippen LogP contribution in [0.15, 0.2) is 18.5 Å². The number of nitrogens with two attached hydrogens (primary N) is 1. The van der Waals surface area contributed by atoms with E-state index in [2.05, 4.69) is 15.0 Å². The van der Waals surface area contributed by atoms with Gasteiger partial charge in [0.1, 0.15) is 17.5 Å². The minimum Gasteiger partial charge on any atom is -0.384 e. The summed E-state index contributed by atoms with van der Waals surface area (Å²) in [7, 11) is 0. The van der Waals surface area contributed by atoms with E-state index in [0.717, 1.165) is 0 Å². The molecule has 0 aliphatic carbocycles. The van der Waals surface area contributed by atoms with Crippen LogP contribution in [0.1, 0.15) is 18.6 Å². The van der Waals surface area contributed by atoms with Crippen molar-refractivity contribution in [3.05, 3.63) is 30.1 Å². The van der Waals surface area contributed by atoms with E-state index >= 15 is 0 Å². The maximum Gasteiger partial charge on any atom is 0.451 e. The van der Waals surface area contributed by atoms with E-state index < -0.39 is 12.0 Å². The van der Waals surface area contributed by atoms with E-state index in [-0.39, 0.29) is 11.6 Å². The van der Waals surface area contributed by atoms with Crippen molar-refractivity contribution < 1.29 is 13.2 Å². The van der Waals surface area contributed by atoms with Gasteiger partial charge in [0, 0.05) is 24.9 Å². The van der Waals surface area contributed by atoms with Gasteiger partial charge < -0.3 is 5.73 Å². The van der Waals surface area contributed by atoms with Gasteiger partial charge in [-0.05, 0) is 0 Å². The van der Waals surface area contributed by atoms with Crippen LogP contribution in [0.25, 0.3) is 5.82 Å². The molecule has 0 fully saturated rings. The first-order valence-electron chi connectivity index (χ1n) is 5.16. The summed E-state index contributed by atoms with van der Waals surface area (Å²) >= 11 is 0. The lowest BCUT2D eigenvalue weighted by Gasteiger charge is -2.10. The Labute approximate surface area is 100 Å². The molecule has 8 heteroatoms. The van der Waals surface area contributed by atoms with E-state index in [9.17, 15) is 13.2 Å². The number of anilines is 1. The largest absolute Gasteiger partial charge is 0.451 e. The lowest BCUT2D eigenvalue weighted by Crippen LogP contribution is -2.15. The van der Waals surface area contributed by atoms with Crippen LogP contribution in [0.5, 0.6) is 0 Å². The molecule has 0 bridgehead atoms. The van der Waals surface area contributed by atoms with Crippen LogP contribution in [-0.4, -0.2) is 19.5 Å². The summed E-state index contributed by atoms with van der Waals surface area (Å²) < 4.78 is 39.2. The molecule has 0 spiro atoms. The number of imidazole rings is 1. The Balaban J connectivity index is 2.56. The monoisotopic (exact) mass is 257 g/mol. The first-order chi connectivity index (χ1) is 8.41. The van der Waals surface area contributed by atoms with Gasteiger partial charge in [-0.15, -0.1) is 0 Å². The van der Waals surface area contributed by atoms with Crippen molar-refractivity contribution in [1.82, 2.24) is 19.5 Å². The van der Waals surface area contributed by atoms with E-state index in [4.69, 9.17) is 5.73 Å². The third-order valence-electron chi connectivity index (χ3n) is 2.27. The lowest BCUT2D eigenvalue weighted by molar-refractivity contribution is -0.144. The number of halogens is 3. The van der Waals surface area contributed by atoms with Crippen molar-refractivity contribution in [2.75, 3.05) is 5.73 Å². The predicted molar refractivity (Wildman–Crippen MR) is 57.9 cm³/mol. The number of aryl methyl sites for hydroxylation is 1. The Hall–Kier alpha value is -2.12. The van der Waals surface area contributed by atoms with Crippen LogP contribution in [0.3, 0.4) is 0 Å². The first kappa shape index (κ1) is 12.3. The van der Waals surface area contributed by atoms with Crippen LogP contribution < -0.4 is 5.73 Å². The van der Waals surface area contributed by atoms with Crippen LogP contribution in [0.4, 0.5) is 19.0 Å². The Kier molecular flexibility index (Phi) is 2.93. The van der Waals surface area contributed by atoms with Gasteiger partial charge in [0.15, 0.2) is 0 Å². The summed E-state index contributed by atoms with van der Waals surface area (Å²) in [6.45, 7) is 1.84. The molecule has 0 aliphatic heterocycles. The van der Waals surface area contributed by atoms with Crippen LogP contribution >= 0.6 is 0 Å². The molecule has 0 amide bonds. The van der Waals surface area contributed by atoms with Gasteiger partial charge in [-0.3, -0.25) is 4.57 Å². The average molecular weight is 257 g/mol. The van der Waals surface area contributed by atoms with Gasteiger partial charge in [0.05, 0.1) is 0 Å². The molecule has 96 valence electrons. The number of nitrogen functional groups attached to an aromatic ring is 1. The highest BCUT2D eigenvalue weighted by atomic mass is 19.4. The Bertz CT molecular complexity index is 561. The summed E-state index contributed by atoms with van der Waals surface area (Å²) in [4.78, 5) is 10.7. The van der Waals surface area contributed by atoms with Gasteiger partial charge >= 0.3 is 6.18 Å². The molecule has 0 atom stereocenters. The molecule has 2 rings (SSSR count). The molecule has 2 N–H and O–H groups in total. The number of hydrogen-bond acceptors (Lipinski definition) is 4. The lowest BCUT2D eigenvalue weighted by atomic mass is 10.4. The van der Waals surface area contributed by atoms with Crippen LogP contribution in [0.2, 0.25) is 0 Å². The van der Waals surface area contributed by atoms with E-state index in [0.29, 0.717) is 12.2 Å². The van der Waals surface area contributed by atoms with E-state index in [1.165, 1.54) is 23.0 Å². The number of nitrogens with zero attached hydrogens (tertiary/aromatic N) is 4. The summed E-state index contributed by atoms with van der Waals surface area (Å²) in [5, 5.41) is 0. The molecule has 2 aromatic heterocycles. The fourth-order valence-electron chi connectivity index (χ4n) is 1.51. The van der Waals surface area contributed by atoms with Crippen molar-refractivity contribution in [3.8, 4) is 5.82 Å². The van der Waals surface area contributed by atoms with Crippen LogP contribution in [0, 0.1) is 0 Å². The van der Waals surface area contributed by atoms with Gasteiger partial charge in [-0.2, -0.15) is 13.2 Å². The van der Waals surface area contributed by atoms with E-state index in [1.807, 2.05) is 6.92 Å². The summed E-state index contributed by atoms with van der Waals surface area (Å²) in [6, 6.07) is 1.27. The molecular formula is C10H10F3N5. The molecule has 18 heavy (non-hydrogen) atoms. The maximum absolute atomic E-state index is 12.6. The van der Waals surface area contributed by atoms with Gasteiger partial charge in [-0.1, -0.05) is 6.92 Å². The number of rotatable bonds is 2. The van der Waals surface area contributed by atoms with Crippen molar-refractivity contribution in [2.45, 2.75) is 19.5 Å². The zero-order chi connectivity index (χ0) is 13.3. The molecule has 2 heterocycles. The zero-order valence-corrected chi connectivity index (χ0v) is 9.44. The standard InChI is InChI=1S/C10H10F3N5/c1-2-7-15-3-4-18(7)8-5-6(14)16-9(17-8)10(11,12)13/h3-5H,2H2,1H3,(H2,14,16,17). The van der Waals surface area contributed by atoms with Gasteiger partial charge in [0.2, 0.25) is 5.82 Å². The Morgan fingerprint density at radius 3 is 2.67 bits per heavy atom. The minimum atomic E-state index is -4.63. The smallest absolute Gasteiger partial charge is 0.384 e. The van der Waals surface area contributed by atoms with Crippen molar-refractivity contribution in [1.29, 1.82) is 0 Å². The highest BCUT2D eigenvalue weighted by Crippen LogP contribution is 2.27. The van der Waals surface area contributed by atoms with Crippen LogP contribution in [-0.2, 0) is 12.6 Å². The summed E-state index contributed by atoms with van der Waals surface area (Å²) in [5.74, 6) is -0.832. The molecule has 5 nitrogen and oxygen atoms in total. The first-order valence-corrected chi connectivity index (χ1v) is 5.16. The Morgan fingerprint density at radius 1 is 1.33 bits per heavy atom. The average Bonchev–Trinajstić information content (AvgIpc) is 2.74. The molecule has 0 aliphatic rings.